The molecule has 0 atom stereocenters. The first-order chi connectivity index (χ1) is 16.0. The fourth-order valence-electron chi connectivity index (χ4n) is 3.51. The Morgan fingerprint density at radius 1 is 1.21 bits per heavy atom. The van der Waals surface area contributed by atoms with Crippen LogP contribution < -0.4 is 10.2 Å². The summed E-state index contributed by atoms with van der Waals surface area (Å²) in [6, 6.07) is 16.3. The summed E-state index contributed by atoms with van der Waals surface area (Å²) in [6.45, 7) is 6.13. The van der Waals surface area contributed by atoms with Crippen molar-refractivity contribution in [1.82, 2.24) is 25.4 Å². The minimum Gasteiger partial charge on any atom is -0.504 e. The number of phenolic OH excluding ortho intramolecular Hbond substituents is 1. The molecule has 4 aromatic rings. The number of hydrogen-bond acceptors (Lipinski definition) is 6. The molecule has 168 valence electrons. The van der Waals surface area contributed by atoms with Crippen molar-refractivity contribution in [2.24, 2.45) is 5.10 Å². The van der Waals surface area contributed by atoms with Crippen LogP contribution in [-0.4, -0.2) is 43.8 Å². The minimum atomic E-state index is -0.431. The lowest BCUT2D eigenvalue weighted by molar-refractivity contribution is 0.0950. The fraction of sp³-hybridized carbons (Fsp3) is 0.167. The van der Waals surface area contributed by atoms with Gasteiger partial charge in [-0.1, -0.05) is 18.2 Å². The number of aryl methyl sites for hydroxylation is 1. The number of hydrogen-bond donors (Lipinski definition) is 3. The van der Waals surface area contributed by atoms with Crippen LogP contribution in [0, 0.1) is 13.8 Å². The van der Waals surface area contributed by atoms with Gasteiger partial charge >= 0.3 is 0 Å². The molecule has 0 radical (unpaired) electrons. The Hall–Kier alpha value is -4.40. The maximum Gasteiger partial charge on any atom is 0.289 e. The lowest BCUT2D eigenvalue weighted by atomic mass is 10.1. The SMILES string of the molecule is CCOc1cc(C=NNC(=O)c2cc(-c3c(C)nn(-c4ccccc4)c3C)n[nH]2)ccc1O. The summed E-state index contributed by atoms with van der Waals surface area (Å²) in [5.74, 6) is -0.0310. The van der Waals surface area contributed by atoms with Crippen molar-refractivity contribution < 1.29 is 14.6 Å². The molecule has 9 heteroatoms. The lowest BCUT2D eigenvalue weighted by Gasteiger charge is -2.05. The second kappa shape index (κ2) is 9.39. The maximum absolute atomic E-state index is 12.5. The molecule has 0 unspecified atom stereocenters. The second-order valence-corrected chi connectivity index (χ2v) is 7.32. The molecular weight excluding hydrogens is 420 g/mol. The zero-order valence-corrected chi connectivity index (χ0v) is 18.5. The zero-order chi connectivity index (χ0) is 23.4. The van der Waals surface area contributed by atoms with Crippen LogP contribution in [0.3, 0.4) is 0 Å². The topological polar surface area (TPSA) is 117 Å². The zero-order valence-electron chi connectivity index (χ0n) is 18.5. The number of ether oxygens (including phenoxy) is 1. The molecular formula is C24H24N6O3. The number of amides is 1. The molecule has 0 aliphatic heterocycles. The average Bonchev–Trinajstić information content (AvgIpc) is 3.40. The van der Waals surface area contributed by atoms with Crippen molar-refractivity contribution in [1.29, 1.82) is 0 Å². The number of benzene rings is 2. The summed E-state index contributed by atoms with van der Waals surface area (Å²) in [5.41, 5.74) is 7.59. The standard InChI is InChI=1S/C24H24N6O3/c1-4-33-22-12-17(10-11-21(22)31)14-25-28-24(32)20-13-19(26-27-20)23-15(2)29-30(16(23)3)18-8-6-5-7-9-18/h5-14,31H,4H2,1-3H3,(H,26,27)(H,28,32). The van der Waals surface area contributed by atoms with E-state index in [9.17, 15) is 9.90 Å². The molecule has 33 heavy (non-hydrogen) atoms. The quantitative estimate of drug-likeness (QED) is 0.296. The Labute approximate surface area is 190 Å². The molecule has 0 aliphatic carbocycles. The highest BCUT2D eigenvalue weighted by Crippen LogP contribution is 2.28. The number of aromatic hydroxyl groups is 1. The summed E-state index contributed by atoms with van der Waals surface area (Å²) < 4.78 is 7.21. The van der Waals surface area contributed by atoms with Crippen molar-refractivity contribution >= 4 is 12.1 Å². The van der Waals surface area contributed by atoms with Gasteiger partial charge in [0.15, 0.2) is 11.5 Å². The van der Waals surface area contributed by atoms with Crippen LogP contribution in [0.25, 0.3) is 16.9 Å². The van der Waals surface area contributed by atoms with Crippen molar-refractivity contribution in [2.75, 3.05) is 6.61 Å². The largest absolute Gasteiger partial charge is 0.504 e. The van der Waals surface area contributed by atoms with Crippen LogP contribution >= 0.6 is 0 Å². The van der Waals surface area contributed by atoms with Crippen LogP contribution in [0.15, 0.2) is 59.7 Å². The number of H-pyrrole nitrogens is 1. The lowest BCUT2D eigenvalue weighted by Crippen LogP contribution is -2.18. The van der Waals surface area contributed by atoms with Gasteiger partial charge in [-0.2, -0.15) is 15.3 Å². The molecule has 2 aromatic heterocycles. The van der Waals surface area contributed by atoms with Gasteiger partial charge in [-0.3, -0.25) is 9.89 Å². The first kappa shape index (κ1) is 21.8. The third-order valence-corrected chi connectivity index (χ3v) is 5.03. The molecule has 4 rings (SSSR count). The van der Waals surface area contributed by atoms with Gasteiger partial charge in [0.2, 0.25) is 0 Å². The molecule has 0 aliphatic rings. The Balaban J connectivity index is 1.49. The van der Waals surface area contributed by atoms with Crippen LogP contribution in [0.1, 0.15) is 34.4 Å². The normalized spacial score (nSPS) is 11.1. The first-order valence-electron chi connectivity index (χ1n) is 10.4. The van der Waals surface area contributed by atoms with Crippen LogP contribution in [-0.2, 0) is 0 Å². The number of para-hydroxylation sites is 1. The number of nitrogens with zero attached hydrogens (tertiary/aromatic N) is 4. The Bertz CT molecular complexity index is 1310. The van der Waals surface area contributed by atoms with E-state index in [1.54, 1.807) is 18.2 Å². The van der Waals surface area contributed by atoms with Crippen LogP contribution in [0.2, 0.25) is 0 Å². The fourth-order valence-corrected chi connectivity index (χ4v) is 3.51. The summed E-state index contributed by atoms with van der Waals surface area (Å²) in [4.78, 5) is 12.5. The summed E-state index contributed by atoms with van der Waals surface area (Å²) in [6.07, 6.45) is 1.47. The number of phenols is 1. The smallest absolute Gasteiger partial charge is 0.289 e. The van der Waals surface area contributed by atoms with E-state index in [2.05, 4.69) is 25.8 Å². The molecule has 0 fully saturated rings. The number of carbonyl (C=O) groups excluding carboxylic acids is 1. The van der Waals surface area contributed by atoms with E-state index in [1.807, 2.05) is 55.8 Å². The summed E-state index contributed by atoms with van der Waals surface area (Å²) >= 11 is 0. The summed E-state index contributed by atoms with van der Waals surface area (Å²) in [5, 5.41) is 25.5. The molecule has 2 aromatic carbocycles. The van der Waals surface area contributed by atoms with Crippen molar-refractivity contribution in [3.05, 3.63) is 77.2 Å². The number of nitrogens with one attached hydrogen (secondary N) is 2. The van der Waals surface area contributed by atoms with E-state index in [-0.39, 0.29) is 11.4 Å². The van der Waals surface area contributed by atoms with Gasteiger partial charge in [0.25, 0.3) is 5.91 Å². The van der Waals surface area contributed by atoms with E-state index in [0.717, 1.165) is 22.6 Å². The van der Waals surface area contributed by atoms with Crippen molar-refractivity contribution in [3.8, 4) is 28.4 Å². The highest BCUT2D eigenvalue weighted by molar-refractivity contribution is 5.94. The van der Waals surface area contributed by atoms with E-state index in [1.165, 1.54) is 12.3 Å². The second-order valence-electron chi connectivity index (χ2n) is 7.32. The number of rotatable bonds is 7. The Kier molecular flexibility index (Phi) is 6.21. The van der Waals surface area contributed by atoms with Gasteiger partial charge in [0, 0.05) is 5.56 Å². The van der Waals surface area contributed by atoms with Gasteiger partial charge in [-0.25, -0.2) is 10.1 Å². The Morgan fingerprint density at radius 3 is 2.76 bits per heavy atom. The van der Waals surface area contributed by atoms with E-state index >= 15 is 0 Å². The van der Waals surface area contributed by atoms with Gasteiger partial charge in [0.1, 0.15) is 5.69 Å². The molecule has 0 spiro atoms. The van der Waals surface area contributed by atoms with Crippen molar-refractivity contribution in [3.63, 3.8) is 0 Å². The van der Waals surface area contributed by atoms with E-state index in [0.29, 0.717) is 23.6 Å². The third-order valence-electron chi connectivity index (χ3n) is 5.03. The molecule has 1 amide bonds. The molecule has 0 bridgehead atoms. The number of carbonyl (C=O) groups is 1. The van der Waals surface area contributed by atoms with Crippen LogP contribution in [0.4, 0.5) is 0 Å². The number of hydrazone groups is 1. The number of aromatic amines is 1. The average molecular weight is 444 g/mol. The molecule has 3 N–H and O–H groups in total. The molecule has 2 heterocycles. The number of aromatic nitrogens is 4. The molecule has 0 saturated heterocycles. The van der Waals surface area contributed by atoms with Gasteiger partial charge in [-0.05, 0) is 62.7 Å². The predicted molar refractivity (Wildman–Crippen MR) is 125 cm³/mol. The van der Waals surface area contributed by atoms with Gasteiger partial charge in [-0.15, -0.1) is 0 Å². The highest BCUT2D eigenvalue weighted by Gasteiger charge is 2.18. The monoisotopic (exact) mass is 444 g/mol. The van der Waals surface area contributed by atoms with Gasteiger partial charge < -0.3 is 9.84 Å². The van der Waals surface area contributed by atoms with E-state index in [4.69, 9.17) is 4.74 Å². The molecule has 9 nitrogen and oxygen atoms in total. The highest BCUT2D eigenvalue weighted by atomic mass is 16.5. The first-order valence-corrected chi connectivity index (χ1v) is 10.4. The third kappa shape index (κ3) is 4.62. The predicted octanol–water partition coefficient (Wildman–Crippen LogP) is 3.75. The van der Waals surface area contributed by atoms with E-state index < -0.39 is 5.91 Å². The maximum atomic E-state index is 12.5. The molecule has 0 saturated carbocycles. The Morgan fingerprint density at radius 2 is 2.00 bits per heavy atom. The minimum absolute atomic E-state index is 0.0456. The van der Waals surface area contributed by atoms with Gasteiger partial charge in [0.05, 0.1) is 35.6 Å². The van der Waals surface area contributed by atoms with Crippen molar-refractivity contribution in [2.45, 2.75) is 20.8 Å². The summed E-state index contributed by atoms with van der Waals surface area (Å²) in [7, 11) is 0. The van der Waals surface area contributed by atoms with Crippen LogP contribution in [0.5, 0.6) is 11.5 Å².